The number of ether oxygens (including phenoxy) is 3. The summed E-state index contributed by atoms with van der Waals surface area (Å²) in [5.74, 6) is 0.345. The van der Waals surface area contributed by atoms with Crippen molar-refractivity contribution in [3.63, 3.8) is 0 Å². The molecule has 5 aromatic rings. The van der Waals surface area contributed by atoms with Crippen LogP contribution in [0.5, 0.6) is 11.5 Å². The van der Waals surface area contributed by atoms with Gasteiger partial charge in [0.15, 0.2) is 0 Å². The van der Waals surface area contributed by atoms with E-state index in [1.54, 1.807) is 50.9 Å². The van der Waals surface area contributed by atoms with Crippen molar-refractivity contribution < 1.29 is 32.5 Å². The number of rotatable bonds is 10. The van der Waals surface area contributed by atoms with Crippen LogP contribution in [0, 0.1) is 5.82 Å². The number of esters is 1. The second kappa shape index (κ2) is 17.0. The van der Waals surface area contributed by atoms with Gasteiger partial charge in [-0.3, -0.25) is 10.1 Å². The van der Waals surface area contributed by atoms with Crippen molar-refractivity contribution in [3.8, 4) is 11.5 Å². The SMILES string of the molecule is CC(=O)Oc1cc2c(Cl)ncnc2cc1P(C)(C)=O.CP(C)(=O)c1cc2ncnc(Nc3ccc(F)c(Cl)c3)c2cc1OCCCC1CCOCN1. The maximum Gasteiger partial charge on any atom is 0.308 e. The van der Waals surface area contributed by atoms with Crippen LogP contribution >= 0.6 is 37.5 Å². The van der Waals surface area contributed by atoms with Gasteiger partial charge in [-0.1, -0.05) is 23.2 Å². The summed E-state index contributed by atoms with van der Waals surface area (Å²) in [6.07, 6.45) is 5.58. The molecule has 0 spiro atoms. The highest BCUT2D eigenvalue weighted by atomic mass is 35.5. The summed E-state index contributed by atoms with van der Waals surface area (Å²) in [6, 6.07) is 11.6. The van der Waals surface area contributed by atoms with E-state index < -0.39 is 26.1 Å². The van der Waals surface area contributed by atoms with E-state index >= 15 is 0 Å². The Morgan fingerprint density at radius 1 is 0.942 bits per heavy atom. The molecular weight excluding hydrogens is 752 g/mol. The molecular formula is C35H39Cl2FN6O6P2. The molecule has 1 aliphatic heterocycles. The first-order chi connectivity index (χ1) is 24.6. The van der Waals surface area contributed by atoms with Gasteiger partial charge in [-0.05, 0) is 88.4 Å². The van der Waals surface area contributed by atoms with Crippen LogP contribution in [-0.2, 0) is 18.7 Å². The Morgan fingerprint density at radius 3 is 2.23 bits per heavy atom. The Kier molecular flexibility index (Phi) is 12.9. The molecule has 17 heteroatoms. The zero-order valence-corrected chi connectivity index (χ0v) is 32.6. The fourth-order valence-corrected chi connectivity index (χ4v) is 7.99. The van der Waals surface area contributed by atoms with Crippen molar-refractivity contribution >= 4 is 87.4 Å². The molecule has 0 radical (unpaired) electrons. The third kappa shape index (κ3) is 10.2. The molecule has 2 N–H and O–H groups in total. The standard InChI is InChI=1S/C23H27ClFN4O3P.C12H12ClN2O3P/c1-33(2,30)22-12-20-17(11-21(22)32-8-3-4-15-7-9-31-14-28-15)23(27-13-26-20)29-16-5-6-19(25)18(24)10-16;1-7(16)18-10-4-8-9(14-6-15-12(8)13)5-11(10)19(2,3)17/h5-6,10-13,15,28H,3-4,7-9,14H2,1-2H3,(H,26,27,29);4-6H,1-3H3. The summed E-state index contributed by atoms with van der Waals surface area (Å²) in [5, 5.41) is 9.14. The maximum absolute atomic E-state index is 13.5. The second-order valence-electron chi connectivity index (χ2n) is 12.8. The van der Waals surface area contributed by atoms with Crippen LogP contribution in [0.2, 0.25) is 10.2 Å². The molecule has 276 valence electrons. The summed E-state index contributed by atoms with van der Waals surface area (Å²) in [7, 11) is -5.23. The van der Waals surface area contributed by atoms with Gasteiger partial charge in [0.2, 0.25) is 0 Å². The number of carbonyl (C=O) groups is 1. The van der Waals surface area contributed by atoms with E-state index in [-0.39, 0.29) is 15.9 Å². The number of anilines is 2. The van der Waals surface area contributed by atoms with Gasteiger partial charge in [0.1, 0.15) is 55.2 Å². The van der Waals surface area contributed by atoms with Gasteiger partial charge >= 0.3 is 5.97 Å². The Hall–Kier alpha value is -3.70. The molecule has 3 heterocycles. The molecule has 12 nitrogen and oxygen atoms in total. The predicted octanol–water partition coefficient (Wildman–Crippen LogP) is 7.37. The fourth-order valence-electron chi connectivity index (χ4n) is 5.45. The quantitative estimate of drug-likeness (QED) is 0.0478. The van der Waals surface area contributed by atoms with Crippen LogP contribution in [0.1, 0.15) is 26.2 Å². The molecule has 0 amide bonds. The van der Waals surface area contributed by atoms with E-state index in [0.29, 0.717) is 69.0 Å². The molecule has 52 heavy (non-hydrogen) atoms. The van der Waals surface area contributed by atoms with Crippen LogP contribution < -0.4 is 30.7 Å². The van der Waals surface area contributed by atoms with Crippen LogP contribution in [0.15, 0.2) is 55.1 Å². The smallest absolute Gasteiger partial charge is 0.308 e. The van der Waals surface area contributed by atoms with Crippen LogP contribution in [0.3, 0.4) is 0 Å². The first-order valence-corrected chi connectivity index (χ1v) is 22.2. The lowest BCUT2D eigenvalue weighted by Gasteiger charge is -2.23. The average molecular weight is 792 g/mol. The van der Waals surface area contributed by atoms with E-state index in [4.69, 9.17) is 37.4 Å². The molecule has 6 rings (SSSR count). The highest BCUT2D eigenvalue weighted by molar-refractivity contribution is 7.70. The van der Waals surface area contributed by atoms with Crippen molar-refractivity contribution in [3.05, 3.63) is 71.1 Å². The highest BCUT2D eigenvalue weighted by Crippen LogP contribution is 2.42. The lowest BCUT2D eigenvalue weighted by molar-refractivity contribution is -0.131. The van der Waals surface area contributed by atoms with Crippen molar-refractivity contribution in [2.75, 3.05) is 51.9 Å². The molecule has 1 unspecified atom stereocenters. The average Bonchev–Trinajstić information content (AvgIpc) is 3.08. The topological polar surface area (TPSA) is 155 Å². The number of halogens is 3. The lowest BCUT2D eigenvalue weighted by atomic mass is 10.1. The molecule has 0 saturated carbocycles. The van der Waals surface area contributed by atoms with Crippen molar-refractivity contribution in [1.29, 1.82) is 0 Å². The van der Waals surface area contributed by atoms with Crippen molar-refractivity contribution in [2.45, 2.75) is 32.2 Å². The Bertz CT molecular complexity index is 2200. The molecule has 1 aliphatic rings. The van der Waals surface area contributed by atoms with Gasteiger partial charge in [0.25, 0.3) is 0 Å². The van der Waals surface area contributed by atoms with Crippen LogP contribution in [0.25, 0.3) is 21.8 Å². The number of nitrogens with one attached hydrogen (secondary N) is 2. The zero-order valence-electron chi connectivity index (χ0n) is 29.3. The molecule has 0 bridgehead atoms. The number of nitrogens with zero attached hydrogens (tertiary/aromatic N) is 4. The van der Waals surface area contributed by atoms with E-state index in [1.807, 2.05) is 6.07 Å². The molecule has 2 aromatic heterocycles. The van der Waals surface area contributed by atoms with Gasteiger partial charge in [-0.2, -0.15) is 0 Å². The number of benzene rings is 3. The van der Waals surface area contributed by atoms with Gasteiger partial charge in [-0.15, -0.1) is 0 Å². The van der Waals surface area contributed by atoms with E-state index in [1.165, 1.54) is 31.7 Å². The van der Waals surface area contributed by atoms with Gasteiger partial charge in [0.05, 0.1) is 40.0 Å². The maximum atomic E-state index is 13.5. The van der Waals surface area contributed by atoms with Gasteiger partial charge in [0, 0.05) is 36.0 Å². The Labute approximate surface area is 310 Å². The summed E-state index contributed by atoms with van der Waals surface area (Å²) >= 11 is 11.9. The third-order valence-corrected chi connectivity index (χ3v) is 11.6. The Morgan fingerprint density at radius 2 is 1.60 bits per heavy atom. The first-order valence-electron chi connectivity index (χ1n) is 16.3. The van der Waals surface area contributed by atoms with Crippen LogP contribution in [-0.4, -0.2) is 78.6 Å². The fraction of sp³-hybridized carbons (Fsp3) is 0.343. The third-order valence-electron chi connectivity index (χ3n) is 8.02. The highest BCUT2D eigenvalue weighted by Gasteiger charge is 2.22. The number of hydrogen-bond acceptors (Lipinski definition) is 12. The Balaban J connectivity index is 0.000000233. The van der Waals surface area contributed by atoms with E-state index in [0.717, 1.165) is 25.9 Å². The molecule has 1 saturated heterocycles. The minimum atomic E-state index is -2.62. The molecule has 1 atom stereocenters. The lowest BCUT2D eigenvalue weighted by Crippen LogP contribution is -2.37. The number of fused-ring (bicyclic) bond motifs is 2. The zero-order chi connectivity index (χ0) is 37.6. The largest absolute Gasteiger partial charge is 0.493 e. The molecule has 1 fully saturated rings. The first kappa shape index (κ1) is 39.5. The summed E-state index contributed by atoms with van der Waals surface area (Å²) in [5.41, 5.74) is 1.79. The summed E-state index contributed by atoms with van der Waals surface area (Å²) < 4.78 is 55.3. The van der Waals surface area contributed by atoms with Gasteiger partial charge in [-0.25, -0.2) is 24.3 Å². The minimum Gasteiger partial charge on any atom is -0.493 e. The predicted molar refractivity (Wildman–Crippen MR) is 205 cm³/mol. The monoisotopic (exact) mass is 790 g/mol. The van der Waals surface area contributed by atoms with Crippen molar-refractivity contribution in [2.24, 2.45) is 0 Å². The molecule has 3 aromatic carbocycles. The molecule has 0 aliphatic carbocycles. The number of carbonyl (C=O) groups excluding carboxylic acids is 1. The summed E-state index contributed by atoms with van der Waals surface area (Å²) in [6.45, 7) is 9.78. The van der Waals surface area contributed by atoms with Gasteiger partial charge < -0.3 is 28.7 Å². The van der Waals surface area contributed by atoms with Crippen LogP contribution in [0.4, 0.5) is 15.9 Å². The normalized spacial score (nSPS) is 14.8. The van der Waals surface area contributed by atoms with E-state index in [2.05, 4.69) is 30.6 Å². The number of aromatic nitrogens is 4. The second-order valence-corrected chi connectivity index (χ2v) is 20.0. The summed E-state index contributed by atoms with van der Waals surface area (Å²) in [4.78, 5) is 27.8. The minimum absolute atomic E-state index is 0.0154. The van der Waals surface area contributed by atoms with E-state index in [9.17, 15) is 18.3 Å². The number of hydrogen-bond donors (Lipinski definition) is 2. The van der Waals surface area contributed by atoms with Crippen molar-refractivity contribution in [1.82, 2.24) is 25.3 Å².